The largest absolute Gasteiger partial charge is 0.340 e. The van der Waals surface area contributed by atoms with Gasteiger partial charge in [-0.05, 0) is 5.56 Å². The van der Waals surface area contributed by atoms with Gasteiger partial charge in [0, 0.05) is 65.8 Å². The van der Waals surface area contributed by atoms with E-state index in [-0.39, 0.29) is 11.8 Å². The fourth-order valence-electron chi connectivity index (χ4n) is 3.59. The summed E-state index contributed by atoms with van der Waals surface area (Å²) in [6, 6.07) is 10.3. The Morgan fingerprint density at radius 1 is 0.852 bits per heavy atom. The molecule has 1 aromatic rings. The van der Waals surface area contributed by atoms with Gasteiger partial charge in [0.25, 0.3) is 0 Å². The molecule has 0 atom stereocenters. The monoisotopic (exact) mass is 370 g/mol. The summed E-state index contributed by atoms with van der Waals surface area (Å²) in [7, 11) is 0. The number of amides is 2. The van der Waals surface area contributed by atoms with Crippen molar-refractivity contribution < 1.29 is 9.59 Å². The van der Waals surface area contributed by atoms with Crippen molar-refractivity contribution in [2.24, 2.45) is 0 Å². The zero-order valence-corrected chi connectivity index (χ0v) is 16.2. The van der Waals surface area contributed by atoms with Crippen LogP contribution in [-0.2, 0) is 9.59 Å². The van der Waals surface area contributed by atoms with Crippen LogP contribution >= 0.6 is 0 Å². The van der Waals surface area contributed by atoms with Crippen molar-refractivity contribution in [3.05, 3.63) is 42.0 Å². The van der Waals surface area contributed by atoms with Gasteiger partial charge in [-0.25, -0.2) is 0 Å². The molecule has 146 valence electrons. The maximum absolute atomic E-state index is 12.6. The Morgan fingerprint density at radius 2 is 1.44 bits per heavy atom. The van der Waals surface area contributed by atoms with E-state index in [0.29, 0.717) is 6.54 Å². The molecule has 2 fully saturated rings. The van der Waals surface area contributed by atoms with E-state index in [1.165, 1.54) is 5.56 Å². The average Bonchev–Trinajstić information content (AvgIpc) is 2.70. The number of hydrogen-bond donors (Lipinski definition) is 0. The molecule has 0 radical (unpaired) electrons. The van der Waals surface area contributed by atoms with Crippen molar-refractivity contribution in [2.75, 3.05) is 65.4 Å². The molecule has 1 aromatic carbocycles. The first-order chi connectivity index (χ1) is 13.1. The quantitative estimate of drug-likeness (QED) is 0.776. The molecule has 6 heteroatoms. The molecule has 2 aliphatic rings. The third-order valence-corrected chi connectivity index (χ3v) is 5.37. The summed E-state index contributed by atoms with van der Waals surface area (Å²) in [6.07, 6.45) is 4.35. The second kappa shape index (κ2) is 9.67. The van der Waals surface area contributed by atoms with E-state index in [1.54, 1.807) is 6.92 Å². The fourth-order valence-corrected chi connectivity index (χ4v) is 3.59. The Labute approximate surface area is 162 Å². The van der Waals surface area contributed by atoms with Gasteiger partial charge in [-0.1, -0.05) is 42.5 Å². The summed E-state index contributed by atoms with van der Waals surface area (Å²) in [6.45, 7) is 9.46. The van der Waals surface area contributed by atoms with E-state index in [0.717, 1.165) is 58.9 Å². The first-order valence-corrected chi connectivity index (χ1v) is 9.81. The Bertz CT molecular complexity index is 645. The highest BCUT2D eigenvalue weighted by Crippen LogP contribution is 2.07. The van der Waals surface area contributed by atoms with Gasteiger partial charge in [0.2, 0.25) is 11.8 Å². The van der Waals surface area contributed by atoms with Crippen molar-refractivity contribution in [3.63, 3.8) is 0 Å². The van der Waals surface area contributed by atoms with Gasteiger partial charge in [-0.15, -0.1) is 0 Å². The van der Waals surface area contributed by atoms with Gasteiger partial charge in [-0.2, -0.15) is 0 Å². The number of hydrogen-bond acceptors (Lipinski definition) is 4. The van der Waals surface area contributed by atoms with E-state index >= 15 is 0 Å². The fraction of sp³-hybridized carbons (Fsp3) is 0.524. The Kier molecular flexibility index (Phi) is 7.01. The number of carbonyl (C=O) groups is 2. The van der Waals surface area contributed by atoms with Crippen LogP contribution in [0.25, 0.3) is 6.08 Å². The van der Waals surface area contributed by atoms with Gasteiger partial charge in [0.1, 0.15) is 0 Å². The smallest absolute Gasteiger partial charge is 0.236 e. The Hall–Kier alpha value is -2.18. The van der Waals surface area contributed by atoms with Crippen molar-refractivity contribution in [2.45, 2.75) is 6.92 Å². The number of benzene rings is 1. The van der Waals surface area contributed by atoms with Gasteiger partial charge in [-0.3, -0.25) is 19.4 Å². The summed E-state index contributed by atoms with van der Waals surface area (Å²) in [5.41, 5.74) is 1.22. The molecule has 0 unspecified atom stereocenters. The standard InChI is InChI=1S/C21H30N4O2/c1-19(26)24-14-12-23(13-15-24)18-21(27)25-16-10-22(11-17-25)9-5-8-20-6-3-2-4-7-20/h2-8H,9-18H2,1H3/b8-5+. The zero-order chi connectivity index (χ0) is 19.1. The molecular weight excluding hydrogens is 340 g/mol. The summed E-state index contributed by atoms with van der Waals surface area (Å²) >= 11 is 0. The minimum atomic E-state index is 0.124. The number of rotatable bonds is 5. The third-order valence-electron chi connectivity index (χ3n) is 5.37. The highest BCUT2D eigenvalue weighted by Gasteiger charge is 2.24. The van der Waals surface area contributed by atoms with E-state index < -0.39 is 0 Å². The lowest BCUT2D eigenvalue weighted by Gasteiger charge is -2.37. The van der Waals surface area contributed by atoms with Crippen LogP contribution in [0, 0.1) is 0 Å². The Morgan fingerprint density at radius 3 is 2.07 bits per heavy atom. The third kappa shape index (κ3) is 5.91. The van der Waals surface area contributed by atoms with Crippen LogP contribution in [0.4, 0.5) is 0 Å². The van der Waals surface area contributed by atoms with Gasteiger partial charge in [0.15, 0.2) is 0 Å². The molecule has 0 bridgehead atoms. The normalized spacial score (nSPS) is 19.6. The number of nitrogens with zero attached hydrogens (tertiary/aromatic N) is 4. The van der Waals surface area contributed by atoms with Crippen LogP contribution in [0.15, 0.2) is 36.4 Å². The lowest BCUT2D eigenvalue weighted by Crippen LogP contribution is -2.54. The molecule has 2 saturated heterocycles. The van der Waals surface area contributed by atoms with Gasteiger partial charge in [0.05, 0.1) is 6.54 Å². The lowest BCUT2D eigenvalue weighted by molar-refractivity contribution is -0.135. The molecule has 2 aliphatic heterocycles. The van der Waals surface area contributed by atoms with Gasteiger partial charge >= 0.3 is 0 Å². The van der Waals surface area contributed by atoms with Crippen molar-refractivity contribution >= 4 is 17.9 Å². The minimum absolute atomic E-state index is 0.124. The van der Waals surface area contributed by atoms with E-state index in [4.69, 9.17) is 0 Å². The molecule has 3 rings (SSSR count). The number of piperazine rings is 2. The maximum Gasteiger partial charge on any atom is 0.236 e. The average molecular weight is 370 g/mol. The highest BCUT2D eigenvalue weighted by molar-refractivity contribution is 5.78. The molecule has 0 aliphatic carbocycles. The minimum Gasteiger partial charge on any atom is -0.340 e. The van der Waals surface area contributed by atoms with E-state index in [1.807, 2.05) is 28.0 Å². The van der Waals surface area contributed by atoms with Crippen LogP contribution in [0.2, 0.25) is 0 Å². The molecule has 2 amide bonds. The molecular formula is C21H30N4O2. The van der Waals surface area contributed by atoms with Crippen LogP contribution in [-0.4, -0.2) is 96.9 Å². The summed E-state index contributed by atoms with van der Waals surface area (Å²) in [5.74, 6) is 0.337. The molecule has 2 heterocycles. The highest BCUT2D eigenvalue weighted by atomic mass is 16.2. The zero-order valence-electron chi connectivity index (χ0n) is 16.2. The maximum atomic E-state index is 12.6. The summed E-state index contributed by atoms with van der Waals surface area (Å²) < 4.78 is 0. The lowest BCUT2D eigenvalue weighted by atomic mass is 10.2. The van der Waals surface area contributed by atoms with E-state index in [9.17, 15) is 9.59 Å². The molecule has 27 heavy (non-hydrogen) atoms. The second-order valence-corrected chi connectivity index (χ2v) is 7.28. The predicted octanol–water partition coefficient (Wildman–Crippen LogP) is 1.01. The van der Waals surface area contributed by atoms with Crippen LogP contribution in [0.1, 0.15) is 12.5 Å². The van der Waals surface area contributed by atoms with Gasteiger partial charge < -0.3 is 9.80 Å². The second-order valence-electron chi connectivity index (χ2n) is 7.28. The molecule has 0 spiro atoms. The van der Waals surface area contributed by atoms with Crippen LogP contribution < -0.4 is 0 Å². The van der Waals surface area contributed by atoms with E-state index in [2.05, 4.69) is 34.1 Å². The molecule has 0 aromatic heterocycles. The van der Waals surface area contributed by atoms with Crippen LogP contribution in [0.3, 0.4) is 0 Å². The SMILES string of the molecule is CC(=O)N1CCN(CC(=O)N2CCN(C/C=C/c3ccccc3)CC2)CC1. The summed E-state index contributed by atoms with van der Waals surface area (Å²) in [5, 5.41) is 0. The van der Waals surface area contributed by atoms with Crippen LogP contribution in [0.5, 0.6) is 0 Å². The first-order valence-electron chi connectivity index (χ1n) is 9.81. The molecule has 0 N–H and O–H groups in total. The number of carbonyl (C=O) groups excluding carboxylic acids is 2. The topological polar surface area (TPSA) is 47.1 Å². The van der Waals surface area contributed by atoms with Crippen molar-refractivity contribution in [3.8, 4) is 0 Å². The van der Waals surface area contributed by atoms with Crippen molar-refractivity contribution in [1.82, 2.24) is 19.6 Å². The first kappa shape index (κ1) is 19.6. The molecule has 6 nitrogen and oxygen atoms in total. The van der Waals surface area contributed by atoms with Crippen molar-refractivity contribution in [1.29, 1.82) is 0 Å². The molecule has 0 saturated carbocycles. The summed E-state index contributed by atoms with van der Waals surface area (Å²) in [4.78, 5) is 32.3. The Balaban J connectivity index is 1.36. The predicted molar refractivity (Wildman–Crippen MR) is 107 cm³/mol.